The van der Waals surface area contributed by atoms with E-state index < -0.39 is 14.3 Å². The Hall–Kier alpha value is -2.68. The molecule has 2 nitrogen and oxygen atoms in total. The van der Waals surface area contributed by atoms with Crippen LogP contribution in [-0.2, 0) is 34.4 Å². The molecule has 0 unspecified atom stereocenters. The zero-order valence-corrected chi connectivity index (χ0v) is 34.1. The average Bonchev–Trinajstić information content (AvgIpc) is 3.14. The van der Waals surface area contributed by atoms with Crippen molar-refractivity contribution < 1.29 is 9.13 Å². The second-order valence-corrected chi connectivity index (χ2v) is 18.0. The Bertz CT molecular complexity index is 1550. The molecule has 0 aliphatic carbocycles. The molecule has 0 saturated heterocycles. The molecule has 0 N–H and O–H groups in total. The molecule has 9 heteroatoms. The van der Waals surface area contributed by atoms with E-state index in [9.17, 15) is 9.13 Å². The molecule has 6 aromatic rings. The first-order chi connectivity index (χ1) is 22.3. The van der Waals surface area contributed by atoms with Gasteiger partial charge in [0.25, 0.3) is 0 Å². The molecule has 0 atom stereocenters. The van der Waals surface area contributed by atoms with Crippen LogP contribution in [0.25, 0.3) is 0 Å². The van der Waals surface area contributed by atoms with Gasteiger partial charge in [-0.3, -0.25) is 0 Å². The number of thiocarbonyl (C=S) groups is 2. The Morgan fingerprint density at radius 3 is 0.723 bits per heavy atom. The summed E-state index contributed by atoms with van der Waals surface area (Å²) < 4.78 is 26.4. The maximum absolute atomic E-state index is 13.1. The smallest absolute Gasteiger partial charge is 0.425 e. The molecule has 0 amide bonds. The van der Waals surface area contributed by atoms with Gasteiger partial charge in [-0.2, -0.15) is 0 Å². The van der Waals surface area contributed by atoms with E-state index in [1.807, 2.05) is 182 Å². The Morgan fingerprint density at radius 1 is 0.404 bits per heavy atom. The Labute approximate surface area is 320 Å². The van der Waals surface area contributed by atoms with E-state index in [1.165, 1.54) is 0 Å². The van der Waals surface area contributed by atoms with Crippen LogP contribution in [0.5, 0.6) is 0 Å². The molecule has 47 heavy (non-hydrogen) atoms. The molecule has 0 aromatic heterocycles. The largest absolute Gasteiger partial charge is 2.00 e. The second-order valence-electron chi connectivity index (χ2n) is 9.25. The zero-order chi connectivity index (χ0) is 33.1. The van der Waals surface area contributed by atoms with Gasteiger partial charge >= 0.3 is 27.3 Å². The van der Waals surface area contributed by atoms with E-state index in [0.29, 0.717) is 21.2 Å². The Balaban J connectivity index is 0.000000239. The minimum atomic E-state index is -2.95. The third-order valence-corrected chi connectivity index (χ3v) is 14.4. The molecule has 0 fully saturated rings. The maximum atomic E-state index is 13.1. The van der Waals surface area contributed by atoms with Gasteiger partial charge in [-0.15, -0.1) is 0 Å². The summed E-state index contributed by atoms with van der Waals surface area (Å²) in [6, 6.07) is 61.8. The summed E-state index contributed by atoms with van der Waals surface area (Å²) in [5, 5.41) is 2.80. The van der Waals surface area contributed by atoms with E-state index in [2.05, 4.69) is 12.1 Å². The fraction of sp³-hybridized carbons (Fsp3) is 0. The minimum absolute atomic E-state index is 0. The monoisotopic (exact) mass is 916 g/mol. The fourth-order valence-electron chi connectivity index (χ4n) is 3.96. The van der Waals surface area contributed by atoms with Crippen molar-refractivity contribution in [1.82, 2.24) is 0 Å². The number of benzene rings is 6. The van der Waals surface area contributed by atoms with Crippen molar-refractivity contribution in [1.29, 1.82) is 0 Å². The molecule has 0 spiro atoms. The summed E-state index contributed by atoms with van der Waals surface area (Å²) in [4.78, 5) is 0. The van der Waals surface area contributed by atoms with E-state index in [1.54, 1.807) is 0 Å². The van der Waals surface area contributed by atoms with Crippen LogP contribution in [0.2, 0.25) is 0 Å². The molecule has 0 heterocycles. The minimum Gasteiger partial charge on any atom is -0.425 e. The fourth-order valence-corrected chi connectivity index (χ4v) is 10.3. The van der Waals surface area contributed by atoms with E-state index in [-0.39, 0.29) is 35.2 Å². The molecule has 0 aliphatic rings. The SMILES string of the molecule is O=P(C(=S)[S-])(c1ccccc1)c1ccccc1.O=P(C(=S)[S-])(c1ccccc1)c1ccccc1.[Pb+2].[c]1ccccc1.[c]1ccccc1. The van der Waals surface area contributed by atoms with Crippen LogP contribution in [0.4, 0.5) is 0 Å². The van der Waals surface area contributed by atoms with Crippen molar-refractivity contribution in [2.24, 2.45) is 0 Å². The molecule has 0 aliphatic heterocycles. The third-order valence-electron chi connectivity index (χ3n) is 6.21. The molecule has 0 saturated carbocycles. The van der Waals surface area contributed by atoms with Crippen molar-refractivity contribution in [3.05, 3.63) is 194 Å². The quantitative estimate of drug-likeness (QED) is 0.0726. The molecule has 6 rings (SSSR count). The molecular formula is C38H30O2P2PbS4. The summed E-state index contributed by atoms with van der Waals surface area (Å²) >= 11 is 20.2. The van der Waals surface area contributed by atoms with Crippen LogP contribution < -0.4 is 21.2 Å². The maximum Gasteiger partial charge on any atom is 2.00 e. The molecule has 0 bridgehead atoms. The van der Waals surface area contributed by atoms with Gasteiger partial charge in [0.1, 0.15) is 0 Å². The van der Waals surface area contributed by atoms with Crippen molar-refractivity contribution in [2.45, 2.75) is 0 Å². The summed E-state index contributed by atoms with van der Waals surface area (Å²) in [6.45, 7) is 0. The summed E-state index contributed by atoms with van der Waals surface area (Å²) in [5.74, 6) is 0. The first-order valence-electron chi connectivity index (χ1n) is 14.0. The van der Waals surface area contributed by atoms with Crippen LogP contribution >= 0.6 is 38.7 Å². The first kappa shape index (κ1) is 40.5. The van der Waals surface area contributed by atoms with E-state index in [4.69, 9.17) is 49.7 Å². The average molecular weight is 916 g/mol. The van der Waals surface area contributed by atoms with Gasteiger partial charge in [-0.1, -0.05) is 190 Å². The van der Waals surface area contributed by atoms with Crippen LogP contribution in [0.15, 0.2) is 182 Å². The first-order valence-corrected chi connectivity index (χ1v) is 19.0. The number of rotatable bonds is 6. The van der Waals surface area contributed by atoms with Gasteiger partial charge in [0.05, 0.1) is 0 Å². The van der Waals surface area contributed by atoms with Gasteiger partial charge in [-0.05, 0) is 12.1 Å². The van der Waals surface area contributed by atoms with Crippen LogP contribution in [0.1, 0.15) is 0 Å². The van der Waals surface area contributed by atoms with Gasteiger partial charge < -0.3 is 58.8 Å². The summed E-state index contributed by atoms with van der Waals surface area (Å²) in [7, 11) is -5.90. The van der Waals surface area contributed by atoms with Gasteiger partial charge in [0.15, 0.2) is 14.3 Å². The summed E-state index contributed by atoms with van der Waals surface area (Å²) in [6.07, 6.45) is 0. The predicted molar refractivity (Wildman–Crippen MR) is 216 cm³/mol. The summed E-state index contributed by atoms with van der Waals surface area (Å²) in [5.41, 5.74) is 0. The van der Waals surface area contributed by atoms with Gasteiger partial charge in [0.2, 0.25) is 0 Å². The Kier molecular flexibility index (Phi) is 19.0. The third kappa shape index (κ3) is 12.4. The van der Waals surface area contributed by atoms with Crippen molar-refractivity contribution in [2.75, 3.05) is 0 Å². The molecule has 4 radical (unpaired) electrons. The van der Waals surface area contributed by atoms with Crippen LogP contribution in [-0.4, -0.2) is 35.2 Å². The molecule has 6 aromatic carbocycles. The van der Waals surface area contributed by atoms with Crippen LogP contribution in [0, 0.1) is 12.1 Å². The van der Waals surface area contributed by atoms with E-state index >= 15 is 0 Å². The number of hydrogen-bond acceptors (Lipinski definition) is 6. The molecule has 232 valence electrons. The number of hydrogen-bond donors (Lipinski definition) is 0. The zero-order valence-electron chi connectivity index (χ0n) is 25.2. The van der Waals surface area contributed by atoms with Gasteiger partial charge in [-0.25, -0.2) is 0 Å². The van der Waals surface area contributed by atoms with E-state index in [0.717, 1.165) is 0 Å². The van der Waals surface area contributed by atoms with Gasteiger partial charge in [0, 0.05) is 21.2 Å². The van der Waals surface area contributed by atoms with Crippen LogP contribution in [0.3, 0.4) is 0 Å². The predicted octanol–water partition coefficient (Wildman–Crippen LogP) is 8.26. The molecular weight excluding hydrogens is 886 g/mol. The van der Waals surface area contributed by atoms with Crippen molar-refractivity contribution in [3.8, 4) is 0 Å². The van der Waals surface area contributed by atoms with Crippen molar-refractivity contribution in [3.63, 3.8) is 0 Å². The standard InChI is InChI=1S/2C13H11OPS2.2C6H5.Pb/c2*14-15(13(16)17,11-7-3-1-4-8-11)12-9-5-2-6-10-12;2*1-2-4-6-5-3-1;/h2*1-10H,(H,16,17);2*1-5H;/q;;;;+2/p-2. The topological polar surface area (TPSA) is 34.1 Å². The second kappa shape index (κ2) is 22.1. The normalized spacial score (nSPS) is 10.0. The van der Waals surface area contributed by atoms with Crippen molar-refractivity contribution >= 4 is 120 Å². The Morgan fingerprint density at radius 2 is 0.596 bits per heavy atom.